The molecule has 0 aliphatic carbocycles. The second-order valence-electron chi connectivity index (χ2n) is 4.10. The van der Waals surface area contributed by atoms with Crippen molar-refractivity contribution < 1.29 is 4.74 Å². The first-order valence-electron chi connectivity index (χ1n) is 5.39. The molecule has 0 saturated heterocycles. The van der Waals surface area contributed by atoms with Gasteiger partial charge in [-0.15, -0.1) is 0 Å². The number of rotatable bonds is 3. The van der Waals surface area contributed by atoms with Crippen molar-refractivity contribution in [2.24, 2.45) is 0 Å². The minimum atomic E-state index is 0.466. The molecule has 0 fully saturated rings. The highest BCUT2D eigenvalue weighted by Crippen LogP contribution is 2.30. The smallest absolute Gasteiger partial charge is 0.122 e. The van der Waals surface area contributed by atoms with Gasteiger partial charge < -0.3 is 4.74 Å². The molecule has 0 amide bonds. The molecule has 1 aromatic heterocycles. The summed E-state index contributed by atoms with van der Waals surface area (Å²) in [5.74, 6) is 1.40. The standard InChI is InChI=1S/C13H16N2O/c1-9(2)12-5-4-10(6-13(12)16-3)11-7-14-15-8-11/h4-9H,1-3H3,(H,14,15). The van der Waals surface area contributed by atoms with E-state index in [9.17, 15) is 0 Å². The number of hydrogen-bond donors (Lipinski definition) is 1. The van der Waals surface area contributed by atoms with Gasteiger partial charge in [-0.25, -0.2) is 0 Å². The first-order valence-corrected chi connectivity index (χ1v) is 5.39. The predicted molar refractivity (Wildman–Crippen MR) is 64.7 cm³/mol. The van der Waals surface area contributed by atoms with Crippen LogP contribution in [0.5, 0.6) is 5.75 Å². The lowest BCUT2D eigenvalue weighted by Crippen LogP contribution is -1.94. The summed E-state index contributed by atoms with van der Waals surface area (Å²) >= 11 is 0. The van der Waals surface area contributed by atoms with Crippen molar-refractivity contribution in [3.63, 3.8) is 0 Å². The molecule has 0 aliphatic rings. The summed E-state index contributed by atoms with van der Waals surface area (Å²) in [4.78, 5) is 0. The number of ether oxygens (including phenoxy) is 1. The first-order chi connectivity index (χ1) is 7.72. The Hall–Kier alpha value is -1.77. The number of nitrogens with one attached hydrogen (secondary N) is 1. The third-order valence-corrected chi connectivity index (χ3v) is 2.69. The monoisotopic (exact) mass is 216 g/mol. The summed E-state index contributed by atoms with van der Waals surface area (Å²) in [6.45, 7) is 4.32. The summed E-state index contributed by atoms with van der Waals surface area (Å²) in [5, 5.41) is 6.76. The molecule has 1 aromatic carbocycles. The molecule has 2 aromatic rings. The van der Waals surface area contributed by atoms with Gasteiger partial charge in [-0.2, -0.15) is 5.10 Å². The van der Waals surface area contributed by atoms with Gasteiger partial charge in [0, 0.05) is 11.8 Å². The van der Waals surface area contributed by atoms with Gasteiger partial charge in [-0.3, -0.25) is 5.10 Å². The normalized spacial score (nSPS) is 10.8. The van der Waals surface area contributed by atoms with Crippen molar-refractivity contribution in [2.75, 3.05) is 7.11 Å². The van der Waals surface area contributed by atoms with Crippen molar-refractivity contribution >= 4 is 0 Å². The Bertz CT molecular complexity index is 461. The van der Waals surface area contributed by atoms with E-state index in [1.54, 1.807) is 7.11 Å². The highest BCUT2D eigenvalue weighted by molar-refractivity contribution is 5.64. The number of aromatic nitrogens is 2. The Balaban J connectivity index is 2.45. The van der Waals surface area contributed by atoms with Crippen LogP contribution in [0.4, 0.5) is 0 Å². The Morgan fingerprint density at radius 1 is 1.25 bits per heavy atom. The molecule has 16 heavy (non-hydrogen) atoms. The number of methoxy groups -OCH3 is 1. The topological polar surface area (TPSA) is 37.9 Å². The van der Waals surface area contributed by atoms with E-state index in [4.69, 9.17) is 4.74 Å². The third kappa shape index (κ3) is 1.94. The van der Waals surface area contributed by atoms with Crippen LogP contribution in [0, 0.1) is 0 Å². The first kappa shape index (κ1) is 10.7. The predicted octanol–water partition coefficient (Wildman–Crippen LogP) is 3.21. The molecule has 0 radical (unpaired) electrons. The maximum Gasteiger partial charge on any atom is 0.122 e. The lowest BCUT2D eigenvalue weighted by atomic mass is 9.98. The van der Waals surface area contributed by atoms with E-state index in [-0.39, 0.29) is 0 Å². The maximum atomic E-state index is 5.41. The third-order valence-electron chi connectivity index (χ3n) is 2.69. The molecule has 0 aliphatic heterocycles. The van der Waals surface area contributed by atoms with Crippen molar-refractivity contribution in [1.29, 1.82) is 0 Å². The van der Waals surface area contributed by atoms with Crippen LogP contribution in [0.25, 0.3) is 11.1 Å². The van der Waals surface area contributed by atoms with Crippen LogP contribution in [0.2, 0.25) is 0 Å². The Morgan fingerprint density at radius 3 is 2.62 bits per heavy atom. The van der Waals surface area contributed by atoms with Gasteiger partial charge in [0.2, 0.25) is 0 Å². The highest BCUT2D eigenvalue weighted by atomic mass is 16.5. The fraction of sp³-hybridized carbons (Fsp3) is 0.308. The lowest BCUT2D eigenvalue weighted by molar-refractivity contribution is 0.408. The van der Waals surface area contributed by atoms with Crippen LogP contribution in [-0.2, 0) is 0 Å². The molecule has 0 spiro atoms. The Morgan fingerprint density at radius 2 is 2.06 bits per heavy atom. The Labute approximate surface area is 95.5 Å². The van der Waals surface area contributed by atoms with Gasteiger partial charge in [0.25, 0.3) is 0 Å². The summed E-state index contributed by atoms with van der Waals surface area (Å²) < 4.78 is 5.41. The SMILES string of the molecule is COc1cc(-c2cn[nH]c2)ccc1C(C)C. The van der Waals surface area contributed by atoms with Crippen LogP contribution >= 0.6 is 0 Å². The van der Waals surface area contributed by atoms with Crippen LogP contribution in [-0.4, -0.2) is 17.3 Å². The number of benzene rings is 1. The minimum absolute atomic E-state index is 0.466. The molecule has 84 valence electrons. The van der Waals surface area contributed by atoms with Crippen LogP contribution in [0.1, 0.15) is 25.3 Å². The largest absolute Gasteiger partial charge is 0.496 e. The lowest BCUT2D eigenvalue weighted by Gasteiger charge is -2.12. The fourth-order valence-corrected chi connectivity index (χ4v) is 1.78. The molecule has 3 heteroatoms. The van der Waals surface area contributed by atoms with Gasteiger partial charge in [-0.05, 0) is 23.1 Å². The van der Waals surface area contributed by atoms with Gasteiger partial charge in [0.15, 0.2) is 0 Å². The van der Waals surface area contributed by atoms with Crippen LogP contribution in [0.15, 0.2) is 30.6 Å². The second kappa shape index (κ2) is 4.39. The maximum absolute atomic E-state index is 5.41. The molecule has 0 atom stereocenters. The summed E-state index contributed by atoms with van der Waals surface area (Å²) in [6.07, 6.45) is 3.69. The molecule has 3 nitrogen and oxygen atoms in total. The molecule has 2 rings (SSSR count). The van der Waals surface area contributed by atoms with Crippen LogP contribution in [0.3, 0.4) is 0 Å². The van der Waals surface area contributed by atoms with E-state index in [0.717, 1.165) is 16.9 Å². The number of aromatic amines is 1. The summed E-state index contributed by atoms with van der Waals surface area (Å²) in [6, 6.07) is 6.27. The summed E-state index contributed by atoms with van der Waals surface area (Å²) in [7, 11) is 1.71. The van der Waals surface area contributed by atoms with E-state index >= 15 is 0 Å². The van der Waals surface area contributed by atoms with E-state index in [0.29, 0.717) is 5.92 Å². The molecule has 1 N–H and O–H groups in total. The van der Waals surface area contributed by atoms with Gasteiger partial charge in [0.05, 0.1) is 13.3 Å². The second-order valence-corrected chi connectivity index (χ2v) is 4.10. The van der Waals surface area contributed by atoms with E-state index in [1.165, 1.54) is 5.56 Å². The van der Waals surface area contributed by atoms with Crippen molar-refractivity contribution in [2.45, 2.75) is 19.8 Å². The van der Waals surface area contributed by atoms with E-state index < -0.39 is 0 Å². The molecule has 0 saturated carbocycles. The van der Waals surface area contributed by atoms with Crippen molar-refractivity contribution in [3.8, 4) is 16.9 Å². The number of H-pyrrole nitrogens is 1. The molecule has 0 bridgehead atoms. The van der Waals surface area contributed by atoms with Crippen LogP contribution < -0.4 is 4.74 Å². The Kier molecular flexibility index (Phi) is 2.95. The quantitative estimate of drug-likeness (QED) is 0.855. The summed E-state index contributed by atoms with van der Waals surface area (Å²) in [5.41, 5.74) is 3.43. The number of nitrogens with zero attached hydrogens (tertiary/aromatic N) is 1. The zero-order valence-corrected chi connectivity index (χ0v) is 9.82. The highest BCUT2D eigenvalue weighted by Gasteiger charge is 2.09. The van der Waals surface area contributed by atoms with Crippen molar-refractivity contribution in [1.82, 2.24) is 10.2 Å². The number of hydrogen-bond acceptors (Lipinski definition) is 2. The zero-order chi connectivity index (χ0) is 11.5. The van der Waals surface area contributed by atoms with E-state index in [2.05, 4.69) is 42.2 Å². The van der Waals surface area contributed by atoms with Gasteiger partial charge in [0.1, 0.15) is 5.75 Å². The van der Waals surface area contributed by atoms with Gasteiger partial charge >= 0.3 is 0 Å². The van der Waals surface area contributed by atoms with Gasteiger partial charge in [-0.1, -0.05) is 26.0 Å². The molecular weight excluding hydrogens is 200 g/mol. The molecular formula is C13H16N2O. The van der Waals surface area contributed by atoms with Crippen molar-refractivity contribution in [3.05, 3.63) is 36.2 Å². The molecule has 0 unspecified atom stereocenters. The zero-order valence-electron chi connectivity index (χ0n) is 9.82. The fourth-order valence-electron chi connectivity index (χ4n) is 1.78. The average molecular weight is 216 g/mol. The minimum Gasteiger partial charge on any atom is -0.496 e. The average Bonchev–Trinajstić information content (AvgIpc) is 2.81. The van der Waals surface area contributed by atoms with E-state index in [1.807, 2.05) is 12.4 Å². The molecule has 1 heterocycles.